The highest BCUT2D eigenvalue weighted by atomic mass is 32.2. The maximum absolute atomic E-state index is 12.8. The summed E-state index contributed by atoms with van der Waals surface area (Å²) in [7, 11) is 1.84. The summed E-state index contributed by atoms with van der Waals surface area (Å²) in [6, 6.07) is 8.57. The molecule has 0 unspecified atom stereocenters. The Labute approximate surface area is 153 Å². The molecule has 3 aromatic rings. The van der Waals surface area contributed by atoms with Gasteiger partial charge in [-0.25, -0.2) is 4.98 Å². The van der Waals surface area contributed by atoms with E-state index < -0.39 is 0 Å². The number of rotatable bonds is 4. The van der Waals surface area contributed by atoms with E-state index in [9.17, 15) is 4.79 Å². The zero-order valence-electron chi connectivity index (χ0n) is 13.7. The first kappa shape index (κ1) is 16.2. The summed E-state index contributed by atoms with van der Waals surface area (Å²) in [6.45, 7) is 0. The third-order valence-electron chi connectivity index (χ3n) is 4.43. The van der Waals surface area contributed by atoms with Gasteiger partial charge in [-0.05, 0) is 48.8 Å². The van der Waals surface area contributed by atoms with Gasteiger partial charge in [0.25, 0.3) is 5.56 Å². The van der Waals surface area contributed by atoms with E-state index in [0.717, 1.165) is 34.0 Å². The molecule has 24 heavy (non-hydrogen) atoms. The molecule has 124 valence electrons. The molecular formula is C18H18N2OS3. The van der Waals surface area contributed by atoms with Crippen molar-refractivity contribution in [1.29, 1.82) is 0 Å². The normalized spacial score (nSPS) is 13.6. The van der Waals surface area contributed by atoms with Gasteiger partial charge in [-0.15, -0.1) is 23.1 Å². The fourth-order valence-electron chi connectivity index (χ4n) is 3.10. The smallest absolute Gasteiger partial charge is 0.262 e. The maximum Gasteiger partial charge on any atom is 0.262 e. The largest absolute Gasteiger partial charge is 0.290 e. The molecule has 1 aliphatic rings. The zero-order chi connectivity index (χ0) is 16.7. The Hall–Kier alpha value is -1.24. The average Bonchev–Trinajstić information content (AvgIpc) is 3.18. The molecule has 1 aromatic carbocycles. The number of aryl methyl sites for hydroxylation is 2. The maximum atomic E-state index is 12.8. The number of hydrogen-bond donors (Lipinski definition) is 0. The Bertz CT molecular complexity index is 957. The molecule has 0 radical (unpaired) electrons. The van der Waals surface area contributed by atoms with Gasteiger partial charge >= 0.3 is 0 Å². The van der Waals surface area contributed by atoms with Crippen LogP contribution in [0.4, 0.5) is 0 Å². The second-order valence-corrected chi connectivity index (χ2v) is 8.84. The molecule has 2 heterocycles. The summed E-state index contributed by atoms with van der Waals surface area (Å²) in [6.07, 6.45) is 5.38. The molecule has 2 aromatic heterocycles. The molecule has 0 fully saturated rings. The lowest BCUT2D eigenvalue weighted by atomic mass is 10.2. The number of thiophene rings is 1. The van der Waals surface area contributed by atoms with Crippen molar-refractivity contribution in [2.75, 3.05) is 6.26 Å². The van der Waals surface area contributed by atoms with E-state index in [2.05, 4.69) is 30.5 Å². The van der Waals surface area contributed by atoms with Crippen LogP contribution in [-0.2, 0) is 25.6 Å². The third kappa shape index (κ3) is 2.80. The van der Waals surface area contributed by atoms with Crippen molar-refractivity contribution in [2.45, 2.75) is 35.1 Å². The number of thioether (sulfide) groups is 2. The van der Waals surface area contributed by atoms with Crippen LogP contribution in [-0.4, -0.2) is 15.8 Å². The van der Waals surface area contributed by atoms with Crippen molar-refractivity contribution in [3.05, 3.63) is 50.6 Å². The number of hydrogen-bond acceptors (Lipinski definition) is 5. The summed E-state index contributed by atoms with van der Waals surface area (Å²) in [5, 5.41) is 1.67. The summed E-state index contributed by atoms with van der Waals surface area (Å²) in [5.41, 5.74) is 2.62. The van der Waals surface area contributed by atoms with Gasteiger partial charge in [-0.1, -0.05) is 23.9 Å². The van der Waals surface area contributed by atoms with Crippen LogP contribution in [0.5, 0.6) is 0 Å². The Morgan fingerprint density at radius 1 is 1.25 bits per heavy atom. The van der Waals surface area contributed by atoms with Crippen molar-refractivity contribution < 1.29 is 0 Å². The van der Waals surface area contributed by atoms with Gasteiger partial charge in [0.1, 0.15) is 4.83 Å². The van der Waals surface area contributed by atoms with Gasteiger partial charge in [-0.2, -0.15) is 0 Å². The van der Waals surface area contributed by atoms with E-state index in [-0.39, 0.29) is 5.56 Å². The minimum Gasteiger partial charge on any atom is -0.290 e. The van der Waals surface area contributed by atoms with Crippen molar-refractivity contribution in [1.82, 2.24) is 9.55 Å². The van der Waals surface area contributed by atoms with Crippen LogP contribution in [0.25, 0.3) is 10.2 Å². The fraction of sp³-hybridized carbons (Fsp3) is 0.333. The van der Waals surface area contributed by atoms with E-state index in [0.29, 0.717) is 0 Å². The fourth-order valence-corrected chi connectivity index (χ4v) is 5.74. The van der Waals surface area contributed by atoms with E-state index in [1.54, 1.807) is 39.4 Å². The molecule has 0 amide bonds. The molecule has 4 rings (SSSR count). The van der Waals surface area contributed by atoms with Gasteiger partial charge in [-0.3, -0.25) is 9.36 Å². The number of fused-ring (bicyclic) bond motifs is 3. The van der Waals surface area contributed by atoms with Crippen LogP contribution in [0.1, 0.15) is 22.4 Å². The van der Waals surface area contributed by atoms with Crippen molar-refractivity contribution >= 4 is 45.1 Å². The second-order valence-electron chi connectivity index (χ2n) is 5.93. The molecular weight excluding hydrogens is 356 g/mol. The SMILES string of the molecule is CSc1ccc(CSc2nc3sc4c(c3c(=O)n2C)CCC4)cc1. The highest BCUT2D eigenvalue weighted by molar-refractivity contribution is 7.98. The second kappa shape index (κ2) is 6.58. The van der Waals surface area contributed by atoms with Gasteiger partial charge in [0.2, 0.25) is 0 Å². The minimum atomic E-state index is 0.111. The lowest BCUT2D eigenvalue weighted by molar-refractivity contribution is 0.727. The Morgan fingerprint density at radius 2 is 2.04 bits per heavy atom. The van der Waals surface area contributed by atoms with Gasteiger partial charge < -0.3 is 0 Å². The van der Waals surface area contributed by atoms with Crippen LogP contribution in [0, 0.1) is 0 Å². The molecule has 0 saturated carbocycles. The molecule has 6 heteroatoms. The molecule has 0 atom stereocenters. The number of nitrogens with zero attached hydrogens (tertiary/aromatic N) is 2. The van der Waals surface area contributed by atoms with Crippen LogP contribution in [0.15, 0.2) is 39.1 Å². The van der Waals surface area contributed by atoms with Gasteiger partial charge in [0.05, 0.1) is 5.39 Å². The highest BCUT2D eigenvalue weighted by Gasteiger charge is 2.22. The predicted octanol–water partition coefficient (Wildman–Crippen LogP) is 4.50. The van der Waals surface area contributed by atoms with Crippen LogP contribution in [0.2, 0.25) is 0 Å². The average molecular weight is 375 g/mol. The first-order valence-electron chi connectivity index (χ1n) is 7.94. The van der Waals surface area contributed by atoms with Crippen molar-refractivity contribution in [2.24, 2.45) is 7.05 Å². The zero-order valence-corrected chi connectivity index (χ0v) is 16.1. The van der Waals surface area contributed by atoms with Gasteiger partial charge in [0.15, 0.2) is 5.16 Å². The monoisotopic (exact) mass is 374 g/mol. The summed E-state index contributed by atoms with van der Waals surface area (Å²) >= 11 is 5.09. The molecule has 1 aliphatic carbocycles. The van der Waals surface area contributed by atoms with E-state index in [1.165, 1.54) is 27.3 Å². The molecule has 0 spiro atoms. The standard InChI is InChI=1S/C18H18N2OS3/c1-20-17(21)15-13-4-3-5-14(13)24-16(15)19-18(20)23-10-11-6-8-12(22-2)9-7-11/h6-9H,3-5,10H2,1-2H3. The van der Waals surface area contributed by atoms with Crippen molar-refractivity contribution in [3.63, 3.8) is 0 Å². The topological polar surface area (TPSA) is 34.9 Å². The molecule has 3 nitrogen and oxygen atoms in total. The third-order valence-corrected chi connectivity index (χ3v) is 7.46. The highest BCUT2D eigenvalue weighted by Crippen LogP contribution is 2.35. The van der Waals surface area contributed by atoms with Crippen LogP contribution in [0.3, 0.4) is 0 Å². The van der Waals surface area contributed by atoms with E-state index in [4.69, 9.17) is 4.98 Å². The molecule has 0 saturated heterocycles. The predicted molar refractivity (Wildman–Crippen MR) is 105 cm³/mol. The van der Waals surface area contributed by atoms with Crippen LogP contribution < -0.4 is 5.56 Å². The van der Waals surface area contributed by atoms with Gasteiger partial charge in [0, 0.05) is 22.6 Å². The first-order chi connectivity index (χ1) is 11.7. The Morgan fingerprint density at radius 3 is 2.79 bits per heavy atom. The summed E-state index contributed by atoms with van der Waals surface area (Å²) < 4.78 is 1.72. The summed E-state index contributed by atoms with van der Waals surface area (Å²) in [4.78, 5) is 21.1. The minimum absolute atomic E-state index is 0.111. The Balaban J connectivity index is 1.64. The number of aromatic nitrogens is 2. The van der Waals surface area contributed by atoms with E-state index in [1.807, 2.05) is 7.05 Å². The lowest BCUT2D eigenvalue weighted by Crippen LogP contribution is -2.20. The van der Waals surface area contributed by atoms with E-state index >= 15 is 0 Å². The first-order valence-corrected chi connectivity index (χ1v) is 11.0. The lowest BCUT2D eigenvalue weighted by Gasteiger charge is -2.08. The quantitative estimate of drug-likeness (QED) is 0.497. The van der Waals surface area contributed by atoms with Crippen molar-refractivity contribution in [3.8, 4) is 0 Å². The van der Waals surface area contributed by atoms with Crippen LogP contribution >= 0.6 is 34.9 Å². The molecule has 0 N–H and O–H groups in total. The molecule has 0 bridgehead atoms. The molecule has 0 aliphatic heterocycles. The summed E-state index contributed by atoms with van der Waals surface area (Å²) in [5.74, 6) is 0.825. The Kier molecular flexibility index (Phi) is 4.45. The number of benzene rings is 1.